The summed E-state index contributed by atoms with van der Waals surface area (Å²) in [7, 11) is -3.70. The molecule has 1 aromatic carbocycles. The number of primary sulfonamides is 1. The van der Waals surface area contributed by atoms with E-state index < -0.39 is 10.0 Å². The Kier molecular flexibility index (Phi) is 5.18. The third-order valence-corrected chi connectivity index (χ3v) is 4.98. The third kappa shape index (κ3) is 4.66. The minimum atomic E-state index is -3.70. The highest BCUT2D eigenvalue weighted by Crippen LogP contribution is 2.24. The Labute approximate surface area is 131 Å². The number of nitrogens with one attached hydrogen (secondary N) is 2. The molecule has 21 heavy (non-hydrogen) atoms. The van der Waals surface area contributed by atoms with E-state index in [0.717, 1.165) is 6.42 Å². The number of thiocarbonyl (C=S) groups is 1. The fraction of sp³-hybridized carbons (Fsp3) is 0.500. The zero-order valence-corrected chi connectivity index (χ0v) is 13.6. The molecular formula is C14H21N3O2S2. The van der Waals surface area contributed by atoms with Gasteiger partial charge in [0.15, 0.2) is 5.11 Å². The zero-order chi connectivity index (χ0) is 15.5. The maximum absolute atomic E-state index is 11.3. The average Bonchev–Trinajstić information content (AvgIpc) is 2.41. The van der Waals surface area contributed by atoms with E-state index in [1.807, 2.05) is 0 Å². The minimum Gasteiger partial charge on any atom is -0.359 e. The van der Waals surface area contributed by atoms with Gasteiger partial charge in [-0.1, -0.05) is 25.8 Å². The highest BCUT2D eigenvalue weighted by Gasteiger charge is 2.21. The van der Waals surface area contributed by atoms with Gasteiger partial charge in [-0.25, -0.2) is 13.6 Å². The summed E-state index contributed by atoms with van der Waals surface area (Å²) < 4.78 is 22.7. The third-order valence-electron chi connectivity index (χ3n) is 3.85. The standard InChI is InChI=1S/C14H21N3O2S2/c1-10-5-2-3-8-13(10)17-14(20)16-11-6-4-7-12(9-11)21(15,18)19/h4,6-7,9-10,13H,2-3,5,8H2,1H3,(H2,15,18,19)(H2,16,17,20)/t10-,13-/m0/s1. The maximum Gasteiger partial charge on any atom is 0.238 e. The first kappa shape index (κ1) is 16.2. The van der Waals surface area contributed by atoms with E-state index in [-0.39, 0.29) is 4.90 Å². The molecule has 0 radical (unpaired) electrons. The normalized spacial score (nSPS) is 22.6. The van der Waals surface area contributed by atoms with Crippen LogP contribution in [0.4, 0.5) is 5.69 Å². The number of anilines is 1. The lowest BCUT2D eigenvalue weighted by molar-refractivity contribution is 0.309. The molecule has 4 N–H and O–H groups in total. The fourth-order valence-electron chi connectivity index (χ4n) is 2.62. The SMILES string of the molecule is C[C@H]1CCCC[C@@H]1NC(=S)Nc1cccc(S(N)(=O)=O)c1. The van der Waals surface area contributed by atoms with Crippen molar-refractivity contribution in [1.29, 1.82) is 0 Å². The van der Waals surface area contributed by atoms with Crippen LogP contribution in [0.3, 0.4) is 0 Å². The fourth-order valence-corrected chi connectivity index (χ4v) is 3.45. The number of hydrogen-bond acceptors (Lipinski definition) is 3. The summed E-state index contributed by atoms with van der Waals surface area (Å²) in [6.07, 6.45) is 4.81. The van der Waals surface area contributed by atoms with Crippen LogP contribution in [0.25, 0.3) is 0 Å². The van der Waals surface area contributed by atoms with Gasteiger partial charge in [0.25, 0.3) is 0 Å². The van der Waals surface area contributed by atoms with Gasteiger partial charge < -0.3 is 10.6 Å². The molecule has 2 rings (SSSR count). The van der Waals surface area contributed by atoms with Gasteiger partial charge in [0, 0.05) is 11.7 Å². The highest BCUT2D eigenvalue weighted by atomic mass is 32.2. The van der Waals surface area contributed by atoms with Gasteiger partial charge >= 0.3 is 0 Å². The Morgan fingerprint density at radius 3 is 2.71 bits per heavy atom. The van der Waals surface area contributed by atoms with Crippen LogP contribution in [0, 0.1) is 5.92 Å². The van der Waals surface area contributed by atoms with E-state index >= 15 is 0 Å². The first-order valence-electron chi connectivity index (χ1n) is 7.06. The van der Waals surface area contributed by atoms with Gasteiger partial charge in [-0.2, -0.15) is 0 Å². The lowest BCUT2D eigenvalue weighted by Gasteiger charge is -2.30. The second-order valence-corrected chi connectivity index (χ2v) is 7.51. The van der Waals surface area contributed by atoms with Crippen molar-refractivity contribution in [3.8, 4) is 0 Å². The van der Waals surface area contributed by atoms with Crippen molar-refractivity contribution in [2.75, 3.05) is 5.32 Å². The largest absolute Gasteiger partial charge is 0.359 e. The molecule has 0 spiro atoms. The molecule has 1 aliphatic rings. The first-order valence-corrected chi connectivity index (χ1v) is 9.02. The summed E-state index contributed by atoms with van der Waals surface area (Å²) in [6, 6.07) is 6.70. The molecule has 1 aromatic rings. The van der Waals surface area contributed by atoms with Gasteiger partial charge in [0.05, 0.1) is 4.90 Å². The Morgan fingerprint density at radius 2 is 2.05 bits per heavy atom. The molecule has 1 aliphatic carbocycles. The predicted octanol–water partition coefficient (Wildman–Crippen LogP) is 2.20. The molecule has 5 nitrogen and oxygen atoms in total. The molecule has 0 unspecified atom stereocenters. The average molecular weight is 327 g/mol. The number of nitrogens with two attached hydrogens (primary N) is 1. The molecule has 0 heterocycles. The topological polar surface area (TPSA) is 84.2 Å². The number of benzene rings is 1. The van der Waals surface area contributed by atoms with Gasteiger partial charge in [-0.05, 0) is 49.2 Å². The van der Waals surface area contributed by atoms with Gasteiger partial charge in [-0.15, -0.1) is 0 Å². The second kappa shape index (κ2) is 6.72. The summed E-state index contributed by atoms with van der Waals surface area (Å²) in [5, 5.41) is 12.0. The van der Waals surface area contributed by atoms with Crippen LogP contribution in [-0.4, -0.2) is 19.6 Å². The molecule has 0 saturated heterocycles. The summed E-state index contributed by atoms with van der Waals surface area (Å²) in [5.41, 5.74) is 0.613. The van der Waals surface area contributed by atoms with E-state index in [1.54, 1.807) is 12.1 Å². The van der Waals surface area contributed by atoms with Crippen molar-refractivity contribution in [2.45, 2.75) is 43.5 Å². The van der Waals surface area contributed by atoms with Crippen LogP contribution in [0.2, 0.25) is 0 Å². The van der Waals surface area contributed by atoms with Crippen LogP contribution in [0.5, 0.6) is 0 Å². The Morgan fingerprint density at radius 1 is 1.33 bits per heavy atom. The predicted molar refractivity (Wildman–Crippen MR) is 88.6 cm³/mol. The van der Waals surface area contributed by atoms with Crippen LogP contribution >= 0.6 is 12.2 Å². The van der Waals surface area contributed by atoms with E-state index in [2.05, 4.69) is 17.6 Å². The van der Waals surface area contributed by atoms with E-state index in [1.165, 1.54) is 31.4 Å². The van der Waals surface area contributed by atoms with Crippen molar-refractivity contribution in [1.82, 2.24) is 5.32 Å². The molecule has 0 aliphatic heterocycles. The van der Waals surface area contributed by atoms with Gasteiger partial charge in [0.1, 0.15) is 0 Å². The molecule has 2 atom stereocenters. The smallest absolute Gasteiger partial charge is 0.238 e. The van der Waals surface area contributed by atoms with Crippen LogP contribution < -0.4 is 15.8 Å². The molecule has 116 valence electrons. The van der Waals surface area contributed by atoms with Crippen molar-refractivity contribution >= 4 is 33.0 Å². The molecule has 0 amide bonds. The summed E-state index contributed by atoms with van der Waals surface area (Å²) >= 11 is 5.30. The monoisotopic (exact) mass is 327 g/mol. The Bertz CT molecular complexity index is 616. The quantitative estimate of drug-likeness (QED) is 0.741. The van der Waals surface area contributed by atoms with Crippen molar-refractivity contribution in [3.63, 3.8) is 0 Å². The molecule has 0 aromatic heterocycles. The van der Waals surface area contributed by atoms with E-state index in [4.69, 9.17) is 17.4 Å². The van der Waals surface area contributed by atoms with Crippen LogP contribution in [0.1, 0.15) is 32.6 Å². The van der Waals surface area contributed by atoms with Gasteiger partial charge in [-0.3, -0.25) is 0 Å². The minimum absolute atomic E-state index is 0.0707. The molecular weight excluding hydrogens is 306 g/mol. The molecule has 1 saturated carbocycles. The van der Waals surface area contributed by atoms with Crippen LogP contribution in [-0.2, 0) is 10.0 Å². The van der Waals surface area contributed by atoms with Crippen molar-refractivity contribution in [3.05, 3.63) is 24.3 Å². The second-order valence-electron chi connectivity index (χ2n) is 5.54. The lowest BCUT2D eigenvalue weighted by Crippen LogP contribution is -2.43. The molecule has 1 fully saturated rings. The number of rotatable bonds is 3. The number of sulfonamides is 1. The lowest BCUT2D eigenvalue weighted by atomic mass is 9.86. The summed E-state index contributed by atoms with van der Waals surface area (Å²) in [5.74, 6) is 0.592. The number of hydrogen-bond donors (Lipinski definition) is 3. The first-order chi connectivity index (χ1) is 9.86. The Hall–Kier alpha value is -1.18. The van der Waals surface area contributed by atoms with E-state index in [9.17, 15) is 8.42 Å². The van der Waals surface area contributed by atoms with Crippen LogP contribution in [0.15, 0.2) is 29.2 Å². The Balaban J connectivity index is 1.99. The van der Waals surface area contributed by atoms with Gasteiger partial charge in [0.2, 0.25) is 10.0 Å². The zero-order valence-electron chi connectivity index (χ0n) is 12.0. The summed E-state index contributed by atoms with van der Waals surface area (Å²) in [6.45, 7) is 2.22. The summed E-state index contributed by atoms with van der Waals surface area (Å²) in [4.78, 5) is 0.0707. The van der Waals surface area contributed by atoms with Crippen molar-refractivity contribution < 1.29 is 8.42 Å². The highest BCUT2D eigenvalue weighted by molar-refractivity contribution is 7.89. The van der Waals surface area contributed by atoms with E-state index in [0.29, 0.717) is 22.8 Å². The maximum atomic E-state index is 11.3. The molecule has 7 heteroatoms. The molecule has 0 bridgehead atoms. The van der Waals surface area contributed by atoms with Crippen molar-refractivity contribution in [2.24, 2.45) is 11.1 Å².